The minimum atomic E-state index is -0.369. The van der Waals surface area contributed by atoms with E-state index in [1.807, 2.05) is 6.92 Å². The first-order valence-electron chi connectivity index (χ1n) is 10.9. The summed E-state index contributed by atoms with van der Waals surface area (Å²) in [6, 6.07) is 5.11. The first-order chi connectivity index (χ1) is 17.3. The third-order valence-corrected chi connectivity index (χ3v) is 6.93. The van der Waals surface area contributed by atoms with E-state index >= 15 is 0 Å². The van der Waals surface area contributed by atoms with Crippen LogP contribution in [0.15, 0.2) is 36.8 Å². The third kappa shape index (κ3) is 4.50. The molecule has 0 bridgehead atoms. The Morgan fingerprint density at radius 1 is 1.11 bits per heavy atom. The molecule has 0 unspecified atom stereocenters. The number of ether oxygens (including phenoxy) is 1. The van der Waals surface area contributed by atoms with Crippen molar-refractivity contribution in [1.29, 1.82) is 0 Å². The monoisotopic (exact) mass is 521 g/mol. The summed E-state index contributed by atoms with van der Waals surface area (Å²) in [6.45, 7) is 4.35. The van der Waals surface area contributed by atoms with E-state index in [1.54, 1.807) is 30.0 Å². The van der Waals surface area contributed by atoms with Gasteiger partial charge in [-0.3, -0.25) is 19.9 Å². The summed E-state index contributed by atoms with van der Waals surface area (Å²) in [5.41, 5.74) is 4.16. The maximum absolute atomic E-state index is 13.3. The molecule has 4 aromatic rings. The molecule has 0 aromatic carbocycles. The van der Waals surface area contributed by atoms with Gasteiger partial charge >= 0.3 is 0 Å². The van der Waals surface area contributed by atoms with Crippen molar-refractivity contribution in [3.8, 4) is 16.9 Å². The van der Waals surface area contributed by atoms with E-state index < -0.39 is 0 Å². The molecule has 182 valence electrons. The van der Waals surface area contributed by atoms with Crippen LogP contribution in [-0.2, 0) is 13.1 Å². The van der Waals surface area contributed by atoms with Gasteiger partial charge in [-0.25, -0.2) is 9.97 Å². The minimum Gasteiger partial charge on any atom is -0.494 e. The molecule has 10 nitrogen and oxygen atoms in total. The largest absolute Gasteiger partial charge is 0.494 e. The number of methoxy groups -OCH3 is 1. The van der Waals surface area contributed by atoms with E-state index in [2.05, 4.69) is 30.5 Å². The highest BCUT2D eigenvalue weighted by molar-refractivity contribution is 7.16. The number of nitrogens with zero attached hydrogens (tertiary/aromatic N) is 6. The number of aromatic nitrogens is 5. The Morgan fingerprint density at radius 3 is 2.69 bits per heavy atom. The molecule has 0 aliphatic carbocycles. The number of fused-ring (bicyclic) bond motifs is 1. The van der Waals surface area contributed by atoms with Gasteiger partial charge in [0.25, 0.3) is 11.8 Å². The fourth-order valence-corrected chi connectivity index (χ4v) is 5.09. The van der Waals surface area contributed by atoms with Gasteiger partial charge in [-0.2, -0.15) is 10.2 Å². The maximum atomic E-state index is 13.3. The Bertz CT molecular complexity index is 1480. The van der Waals surface area contributed by atoms with Gasteiger partial charge in [-0.15, -0.1) is 0 Å². The predicted octanol–water partition coefficient (Wildman–Crippen LogP) is 4.08. The molecule has 0 saturated heterocycles. The predicted molar refractivity (Wildman–Crippen MR) is 134 cm³/mol. The van der Waals surface area contributed by atoms with Gasteiger partial charge in [0.1, 0.15) is 10.9 Å². The molecular formula is C24H20ClN7O3S. The van der Waals surface area contributed by atoms with Gasteiger partial charge in [-0.1, -0.05) is 22.9 Å². The Labute approximate surface area is 215 Å². The van der Waals surface area contributed by atoms with Crippen LogP contribution >= 0.6 is 22.9 Å². The van der Waals surface area contributed by atoms with Crippen molar-refractivity contribution in [2.24, 2.45) is 0 Å². The molecule has 2 amide bonds. The number of aryl methyl sites for hydroxylation is 2. The van der Waals surface area contributed by atoms with Crippen molar-refractivity contribution in [3.05, 3.63) is 75.0 Å². The lowest BCUT2D eigenvalue weighted by atomic mass is 10.0. The van der Waals surface area contributed by atoms with Crippen LogP contribution in [0.2, 0.25) is 5.15 Å². The maximum Gasteiger partial charge on any atom is 0.259 e. The van der Waals surface area contributed by atoms with Crippen LogP contribution in [0.5, 0.6) is 5.75 Å². The summed E-state index contributed by atoms with van der Waals surface area (Å²) in [6.07, 6.45) is 4.53. The number of halogens is 1. The smallest absolute Gasteiger partial charge is 0.259 e. The Balaban J connectivity index is 1.37. The summed E-state index contributed by atoms with van der Waals surface area (Å²) in [4.78, 5) is 41.7. The standard InChI is InChI=1S/C24H20ClN7O3S/c1-12-6-15(16-7-21(25)27-9-19(16)35-3)17(8-26-12)22(33)30-24-29-18-10-32(11-20(18)36-24)23(34)14-4-5-28-31-13(14)2/h4-9H,10-11H2,1-3H3,(H,29,30,33). The summed E-state index contributed by atoms with van der Waals surface area (Å²) in [5, 5.41) is 11.3. The highest BCUT2D eigenvalue weighted by Gasteiger charge is 2.29. The van der Waals surface area contributed by atoms with E-state index in [0.29, 0.717) is 51.9 Å². The summed E-state index contributed by atoms with van der Waals surface area (Å²) in [7, 11) is 1.53. The Hall–Kier alpha value is -3.96. The fraction of sp³-hybridized carbons (Fsp3) is 0.208. The number of carbonyl (C=O) groups is 2. The number of rotatable bonds is 5. The molecule has 1 N–H and O–H groups in total. The van der Waals surface area contributed by atoms with Crippen molar-refractivity contribution in [3.63, 3.8) is 0 Å². The van der Waals surface area contributed by atoms with E-state index in [1.165, 1.54) is 37.0 Å². The van der Waals surface area contributed by atoms with Crippen molar-refractivity contribution in [1.82, 2.24) is 30.0 Å². The lowest BCUT2D eigenvalue weighted by molar-refractivity contribution is 0.0749. The first-order valence-corrected chi connectivity index (χ1v) is 12.1. The molecule has 1 aliphatic rings. The first kappa shape index (κ1) is 23.8. The second-order valence-corrected chi connectivity index (χ2v) is 9.58. The highest BCUT2D eigenvalue weighted by Crippen LogP contribution is 2.35. The van der Waals surface area contributed by atoms with E-state index in [0.717, 1.165) is 16.3 Å². The average Bonchev–Trinajstić information content (AvgIpc) is 3.42. The molecular weight excluding hydrogens is 502 g/mol. The zero-order chi connectivity index (χ0) is 25.4. The third-order valence-electron chi connectivity index (χ3n) is 5.73. The molecule has 36 heavy (non-hydrogen) atoms. The summed E-state index contributed by atoms with van der Waals surface area (Å²) < 4.78 is 5.43. The number of thiazole rings is 1. The molecule has 5 heterocycles. The topological polar surface area (TPSA) is 123 Å². The number of anilines is 1. The summed E-state index contributed by atoms with van der Waals surface area (Å²) in [5.74, 6) is -0.0125. The van der Waals surface area contributed by atoms with Crippen molar-refractivity contribution in [2.45, 2.75) is 26.9 Å². The van der Waals surface area contributed by atoms with Crippen LogP contribution in [-0.4, -0.2) is 49.0 Å². The van der Waals surface area contributed by atoms with E-state index in [9.17, 15) is 9.59 Å². The normalized spacial score (nSPS) is 12.4. The molecule has 12 heteroatoms. The van der Waals surface area contributed by atoms with Crippen LogP contribution in [0.3, 0.4) is 0 Å². The van der Waals surface area contributed by atoms with Gasteiger partial charge in [0.05, 0.1) is 60.0 Å². The van der Waals surface area contributed by atoms with Crippen molar-refractivity contribution < 1.29 is 14.3 Å². The Kier molecular flexibility index (Phi) is 6.33. The second-order valence-electron chi connectivity index (χ2n) is 8.11. The lowest BCUT2D eigenvalue weighted by Crippen LogP contribution is -2.26. The molecule has 5 rings (SSSR count). The van der Waals surface area contributed by atoms with Gasteiger partial charge < -0.3 is 9.64 Å². The van der Waals surface area contributed by atoms with Gasteiger partial charge in [0.15, 0.2) is 5.13 Å². The lowest BCUT2D eigenvalue weighted by Gasteiger charge is -2.16. The quantitative estimate of drug-likeness (QED) is 0.390. The zero-order valence-corrected chi connectivity index (χ0v) is 21.1. The number of pyridine rings is 2. The van der Waals surface area contributed by atoms with Crippen LogP contribution in [0.1, 0.15) is 42.7 Å². The van der Waals surface area contributed by atoms with E-state index in [-0.39, 0.29) is 17.0 Å². The van der Waals surface area contributed by atoms with Crippen LogP contribution in [0, 0.1) is 13.8 Å². The van der Waals surface area contributed by atoms with E-state index in [4.69, 9.17) is 16.3 Å². The van der Waals surface area contributed by atoms with Gasteiger partial charge in [-0.05, 0) is 32.0 Å². The van der Waals surface area contributed by atoms with Crippen molar-refractivity contribution in [2.75, 3.05) is 12.4 Å². The van der Waals surface area contributed by atoms with Crippen LogP contribution in [0.4, 0.5) is 5.13 Å². The molecule has 0 spiro atoms. The zero-order valence-electron chi connectivity index (χ0n) is 19.6. The van der Waals surface area contributed by atoms with Gasteiger partial charge in [0.2, 0.25) is 0 Å². The summed E-state index contributed by atoms with van der Waals surface area (Å²) >= 11 is 7.46. The number of nitrogens with one attached hydrogen (secondary N) is 1. The second kappa shape index (κ2) is 9.59. The fourth-order valence-electron chi connectivity index (χ4n) is 3.95. The molecule has 1 aliphatic heterocycles. The number of hydrogen-bond acceptors (Lipinski definition) is 9. The van der Waals surface area contributed by atoms with Crippen LogP contribution < -0.4 is 10.1 Å². The molecule has 4 aromatic heterocycles. The SMILES string of the molecule is COc1cnc(Cl)cc1-c1cc(C)ncc1C(=O)Nc1nc2c(s1)CN(C(=O)c1ccnnc1C)C2. The minimum absolute atomic E-state index is 0.126. The average molecular weight is 522 g/mol. The number of carbonyl (C=O) groups excluding carboxylic acids is 2. The molecule has 0 fully saturated rings. The number of amides is 2. The van der Waals surface area contributed by atoms with Crippen LogP contribution in [0.25, 0.3) is 11.1 Å². The molecule has 0 radical (unpaired) electrons. The Morgan fingerprint density at radius 2 is 1.94 bits per heavy atom. The number of hydrogen-bond donors (Lipinski definition) is 1. The van der Waals surface area contributed by atoms with Gasteiger partial charge in [0, 0.05) is 23.0 Å². The highest BCUT2D eigenvalue weighted by atomic mass is 35.5. The van der Waals surface area contributed by atoms with Crippen molar-refractivity contribution >= 4 is 39.9 Å². The molecule has 0 atom stereocenters. The molecule has 0 saturated carbocycles.